The van der Waals surface area contributed by atoms with Gasteiger partial charge in [0.2, 0.25) is 0 Å². The predicted molar refractivity (Wildman–Crippen MR) is 100.0 cm³/mol. The lowest BCUT2D eigenvalue weighted by Gasteiger charge is -2.26. The van der Waals surface area contributed by atoms with Gasteiger partial charge in [-0.15, -0.1) is 0 Å². The average Bonchev–Trinajstić information content (AvgIpc) is 2.66. The van der Waals surface area contributed by atoms with Crippen molar-refractivity contribution < 1.29 is 23.9 Å². The normalized spacial score (nSPS) is 15.7. The SMILES string of the molecule is COc1cccc(C=C2C(=O)NC(=O)N(c3ccc(Cl)cc3)C2=O)c1OC. The van der Waals surface area contributed by atoms with E-state index in [4.69, 9.17) is 21.1 Å². The molecular weight excluding hydrogens is 372 g/mol. The van der Waals surface area contributed by atoms with Crippen LogP contribution in [0.15, 0.2) is 48.0 Å². The molecule has 0 unspecified atom stereocenters. The third-order valence-electron chi connectivity index (χ3n) is 3.92. The maximum atomic E-state index is 12.9. The van der Waals surface area contributed by atoms with Crippen LogP contribution in [0.4, 0.5) is 10.5 Å². The van der Waals surface area contributed by atoms with Crippen LogP contribution in [0.25, 0.3) is 6.08 Å². The minimum absolute atomic E-state index is 0.212. The van der Waals surface area contributed by atoms with E-state index in [1.807, 2.05) is 0 Å². The predicted octanol–water partition coefficient (Wildman–Crippen LogP) is 3.02. The molecule has 8 heteroatoms. The molecule has 0 spiro atoms. The second kappa shape index (κ2) is 7.51. The number of barbiturate groups is 1. The highest BCUT2D eigenvalue weighted by Gasteiger charge is 2.37. The molecule has 1 aliphatic heterocycles. The van der Waals surface area contributed by atoms with Gasteiger partial charge in [-0.05, 0) is 36.4 Å². The first-order valence-corrected chi connectivity index (χ1v) is 8.22. The van der Waals surface area contributed by atoms with Crippen molar-refractivity contribution in [2.24, 2.45) is 0 Å². The van der Waals surface area contributed by atoms with Crippen molar-refractivity contribution in [3.63, 3.8) is 0 Å². The monoisotopic (exact) mass is 386 g/mol. The summed E-state index contributed by atoms with van der Waals surface area (Å²) in [6.07, 6.45) is 1.36. The van der Waals surface area contributed by atoms with Crippen LogP contribution in [0.5, 0.6) is 11.5 Å². The Bertz CT molecular complexity index is 953. The van der Waals surface area contributed by atoms with E-state index in [0.717, 1.165) is 4.90 Å². The molecule has 4 amide bonds. The number of rotatable bonds is 4. The molecule has 27 heavy (non-hydrogen) atoms. The third kappa shape index (κ3) is 3.50. The highest BCUT2D eigenvalue weighted by Crippen LogP contribution is 2.33. The quantitative estimate of drug-likeness (QED) is 0.645. The van der Waals surface area contributed by atoms with Gasteiger partial charge in [-0.3, -0.25) is 14.9 Å². The van der Waals surface area contributed by atoms with E-state index < -0.39 is 17.8 Å². The van der Waals surface area contributed by atoms with Crippen LogP contribution in [0.2, 0.25) is 5.02 Å². The Labute approximate surface area is 160 Å². The van der Waals surface area contributed by atoms with Gasteiger partial charge in [-0.1, -0.05) is 23.7 Å². The zero-order valence-electron chi connectivity index (χ0n) is 14.5. The van der Waals surface area contributed by atoms with Crippen LogP contribution in [0, 0.1) is 0 Å². The summed E-state index contributed by atoms with van der Waals surface area (Å²) in [4.78, 5) is 38.2. The Balaban J connectivity index is 2.06. The molecule has 1 heterocycles. The molecule has 0 aliphatic carbocycles. The summed E-state index contributed by atoms with van der Waals surface area (Å²) in [5.41, 5.74) is 0.537. The van der Waals surface area contributed by atoms with Gasteiger partial charge >= 0.3 is 6.03 Å². The highest BCUT2D eigenvalue weighted by molar-refractivity contribution is 6.39. The summed E-state index contributed by atoms with van der Waals surface area (Å²) in [6.45, 7) is 0. The standard InChI is InChI=1S/C19H15ClN2O5/c1-26-15-5-3-4-11(16(15)27-2)10-14-17(23)21-19(25)22(18(14)24)13-8-6-12(20)7-9-13/h3-10H,1-2H3,(H,21,23,25). The van der Waals surface area contributed by atoms with E-state index in [0.29, 0.717) is 22.1 Å². The van der Waals surface area contributed by atoms with Crippen LogP contribution in [-0.4, -0.2) is 32.1 Å². The number of anilines is 1. The van der Waals surface area contributed by atoms with E-state index in [9.17, 15) is 14.4 Å². The molecule has 0 saturated carbocycles. The van der Waals surface area contributed by atoms with Gasteiger partial charge in [0.25, 0.3) is 11.8 Å². The van der Waals surface area contributed by atoms with E-state index in [-0.39, 0.29) is 11.3 Å². The minimum Gasteiger partial charge on any atom is -0.493 e. The average molecular weight is 387 g/mol. The first kappa shape index (κ1) is 18.5. The Morgan fingerprint density at radius 1 is 1.00 bits per heavy atom. The Kier molecular flexibility index (Phi) is 5.14. The van der Waals surface area contributed by atoms with E-state index in [1.54, 1.807) is 30.3 Å². The molecule has 2 aromatic carbocycles. The Hall–Kier alpha value is -3.32. The number of ether oxygens (including phenoxy) is 2. The molecule has 1 N–H and O–H groups in total. The molecule has 0 aromatic heterocycles. The second-order valence-corrected chi connectivity index (χ2v) is 5.95. The number of methoxy groups -OCH3 is 2. The molecule has 1 aliphatic rings. The van der Waals surface area contributed by atoms with Crippen LogP contribution in [0.3, 0.4) is 0 Å². The van der Waals surface area contributed by atoms with Crippen molar-refractivity contribution in [2.75, 3.05) is 19.1 Å². The van der Waals surface area contributed by atoms with Gasteiger partial charge in [0.05, 0.1) is 19.9 Å². The zero-order chi connectivity index (χ0) is 19.6. The maximum absolute atomic E-state index is 12.9. The first-order chi connectivity index (χ1) is 13.0. The number of carbonyl (C=O) groups is 3. The number of amides is 4. The van der Waals surface area contributed by atoms with Gasteiger partial charge < -0.3 is 9.47 Å². The van der Waals surface area contributed by atoms with Crippen LogP contribution >= 0.6 is 11.6 Å². The lowest BCUT2D eigenvalue weighted by molar-refractivity contribution is -0.122. The molecule has 1 fully saturated rings. The lowest BCUT2D eigenvalue weighted by Crippen LogP contribution is -2.54. The van der Waals surface area contributed by atoms with E-state index in [2.05, 4.69) is 5.32 Å². The van der Waals surface area contributed by atoms with Crippen molar-refractivity contribution in [3.8, 4) is 11.5 Å². The van der Waals surface area contributed by atoms with Gasteiger partial charge in [-0.2, -0.15) is 0 Å². The fourth-order valence-electron chi connectivity index (χ4n) is 2.66. The van der Waals surface area contributed by atoms with Crippen molar-refractivity contribution in [1.82, 2.24) is 5.32 Å². The second-order valence-electron chi connectivity index (χ2n) is 5.52. The number of nitrogens with one attached hydrogen (secondary N) is 1. The van der Waals surface area contributed by atoms with E-state index in [1.165, 1.54) is 32.4 Å². The Morgan fingerprint density at radius 3 is 2.33 bits per heavy atom. The number of para-hydroxylation sites is 1. The largest absolute Gasteiger partial charge is 0.493 e. The number of imide groups is 2. The fourth-order valence-corrected chi connectivity index (χ4v) is 2.79. The number of nitrogens with zero attached hydrogens (tertiary/aromatic N) is 1. The first-order valence-electron chi connectivity index (χ1n) is 7.84. The van der Waals surface area contributed by atoms with Crippen LogP contribution < -0.4 is 19.7 Å². The summed E-state index contributed by atoms with van der Waals surface area (Å²) in [5.74, 6) is -0.736. The Morgan fingerprint density at radius 2 is 1.70 bits per heavy atom. The molecular formula is C19H15ClN2O5. The number of benzene rings is 2. The number of hydrogen-bond donors (Lipinski definition) is 1. The molecule has 138 valence electrons. The summed E-state index contributed by atoms with van der Waals surface area (Å²) in [5, 5.41) is 2.62. The summed E-state index contributed by atoms with van der Waals surface area (Å²) in [6, 6.07) is 10.3. The van der Waals surface area contributed by atoms with Crippen molar-refractivity contribution in [3.05, 3.63) is 58.6 Å². The molecule has 1 saturated heterocycles. The van der Waals surface area contributed by atoms with Crippen molar-refractivity contribution >= 4 is 41.2 Å². The van der Waals surface area contributed by atoms with Gasteiger partial charge in [-0.25, -0.2) is 9.69 Å². The number of halogens is 1. The van der Waals surface area contributed by atoms with Crippen molar-refractivity contribution in [1.29, 1.82) is 0 Å². The molecule has 2 aromatic rings. The van der Waals surface area contributed by atoms with Gasteiger partial charge in [0, 0.05) is 10.6 Å². The fraction of sp³-hybridized carbons (Fsp3) is 0.105. The minimum atomic E-state index is -0.831. The summed E-state index contributed by atoms with van der Waals surface area (Å²) >= 11 is 5.85. The molecule has 0 atom stereocenters. The number of hydrogen-bond acceptors (Lipinski definition) is 5. The third-order valence-corrected chi connectivity index (χ3v) is 4.17. The number of urea groups is 1. The van der Waals surface area contributed by atoms with Crippen LogP contribution in [0.1, 0.15) is 5.56 Å². The van der Waals surface area contributed by atoms with Gasteiger partial charge in [0.15, 0.2) is 11.5 Å². The summed E-state index contributed by atoms with van der Waals surface area (Å²) in [7, 11) is 2.93. The highest BCUT2D eigenvalue weighted by atomic mass is 35.5. The van der Waals surface area contributed by atoms with Crippen molar-refractivity contribution in [2.45, 2.75) is 0 Å². The molecule has 3 rings (SSSR count). The smallest absolute Gasteiger partial charge is 0.335 e. The lowest BCUT2D eigenvalue weighted by atomic mass is 10.1. The number of carbonyl (C=O) groups excluding carboxylic acids is 3. The molecule has 7 nitrogen and oxygen atoms in total. The topological polar surface area (TPSA) is 84.9 Å². The molecule has 0 radical (unpaired) electrons. The van der Waals surface area contributed by atoms with Crippen LogP contribution in [-0.2, 0) is 9.59 Å². The van der Waals surface area contributed by atoms with E-state index >= 15 is 0 Å². The van der Waals surface area contributed by atoms with Gasteiger partial charge in [0.1, 0.15) is 5.57 Å². The maximum Gasteiger partial charge on any atom is 0.335 e. The zero-order valence-corrected chi connectivity index (χ0v) is 15.2. The molecule has 0 bridgehead atoms. The summed E-state index contributed by atoms with van der Waals surface area (Å²) < 4.78 is 10.5.